The molecule has 5 nitrogen and oxygen atoms in total. The summed E-state index contributed by atoms with van der Waals surface area (Å²) in [5, 5.41) is 15.4. The third-order valence-corrected chi connectivity index (χ3v) is 3.78. The number of carbonyl (C=O) groups is 1. The van der Waals surface area contributed by atoms with Gasteiger partial charge in [0.1, 0.15) is 11.9 Å². The molecule has 0 aromatic carbocycles. The number of rotatable bonds is 2. The van der Waals surface area contributed by atoms with Crippen LogP contribution < -0.4 is 10.6 Å². The average Bonchev–Trinajstić information content (AvgIpc) is 2.87. The standard InChI is InChI=1S/C14H16N4O/c15-7-10-6-9-2-1-3-12(9)18-14(10)17-11-4-5-13(19)16-8-11/h6,11H,1-5,8H2,(H,16,19)(H,17,18). The number of nitrogens with one attached hydrogen (secondary N) is 2. The zero-order chi connectivity index (χ0) is 13.2. The molecule has 2 aliphatic rings. The lowest BCUT2D eigenvalue weighted by Gasteiger charge is -2.24. The zero-order valence-corrected chi connectivity index (χ0v) is 10.7. The molecule has 3 rings (SSSR count). The highest BCUT2D eigenvalue weighted by molar-refractivity contribution is 5.77. The maximum absolute atomic E-state index is 11.1. The van der Waals surface area contributed by atoms with Crippen molar-refractivity contribution in [2.45, 2.75) is 38.1 Å². The molecule has 1 saturated heterocycles. The number of amides is 1. The van der Waals surface area contributed by atoms with Gasteiger partial charge in [-0.15, -0.1) is 0 Å². The molecule has 1 fully saturated rings. The minimum atomic E-state index is 0.0977. The molecule has 1 unspecified atom stereocenters. The number of hydrogen-bond acceptors (Lipinski definition) is 4. The Kier molecular flexibility index (Phi) is 3.08. The second kappa shape index (κ2) is 4.88. The van der Waals surface area contributed by atoms with E-state index in [0.29, 0.717) is 24.3 Å². The van der Waals surface area contributed by atoms with Gasteiger partial charge in [0.2, 0.25) is 5.91 Å². The largest absolute Gasteiger partial charge is 0.364 e. The summed E-state index contributed by atoms with van der Waals surface area (Å²) in [6.07, 6.45) is 4.46. The molecular weight excluding hydrogens is 240 g/mol. The molecule has 1 aromatic rings. The second-order valence-electron chi connectivity index (χ2n) is 5.14. The van der Waals surface area contributed by atoms with E-state index in [-0.39, 0.29) is 11.9 Å². The van der Waals surface area contributed by atoms with E-state index < -0.39 is 0 Å². The van der Waals surface area contributed by atoms with Crippen molar-refractivity contribution in [2.75, 3.05) is 11.9 Å². The number of carbonyl (C=O) groups excluding carboxylic acids is 1. The Hall–Kier alpha value is -2.09. The molecule has 2 N–H and O–H groups in total. The molecule has 19 heavy (non-hydrogen) atoms. The highest BCUT2D eigenvalue weighted by atomic mass is 16.1. The zero-order valence-electron chi connectivity index (χ0n) is 10.7. The number of nitriles is 1. The van der Waals surface area contributed by atoms with Gasteiger partial charge in [-0.3, -0.25) is 4.79 Å². The monoisotopic (exact) mass is 256 g/mol. The van der Waals surface area contributed by atoms with Gasteiger partial charge in [-0.05, 0) is 37.3 Å². The molecule has 98 valence electrons. The molecule has 0 saturated carbocycles. The summed E-state index contributed by atoms with van der Waals surface area (Å²) in [7, 11) is 0. The number of hydrogen-bond donors (Lipinski definition) is 2. The topological polar surface area (TPSA) is 77.8 Å². The van der Waals surface area contributed by atoms with Crippen LogP contribution in [0.3, 0.4) is 0 Å². The smallest absolute Gasteiger partial charge is 0.220 e. The summed E-state index contributed by atoms with van der Waals surface area (Å²) in [6, 6.07) is 4.33. The van der Waals surface area contributed by atoms with Crippen molar-refractivity contribution < 1.29 is 4.79 Å². The lowest BCUT2D eigenvalue weighted by atomic mass is 10.1. The molecule has 1 amide bonds. The molecule has 0 bridgehead atoms. The van der Waals surface area contributed by atoms with Crippen LogP contribution in [0.2, 0.25) is 0 Å². The Morgan fingerprint density at radius 3 is 3.05 bits per heavy atom. The first-order valence-corrected chi connectivity index (χ1v) is 6.72. The van der Waals surface area contributed by atoms with Crippen LogP contribution in [0.25, 0.3) is 0 Å². The molecule has 2 heterocycles. The van der Waals surface area contributed by atoms with Crippen LogP contribution in [0.15, 0.2) is 6.07 Å². The van der Waals surface area contributed by atoms with Crippen molar-refractivity contribution in [1.82, 2.24) is 10.3 Å². The van der Waals surface area contributed by atoms with Crippen molar-refractivity contribution in [1.29, 1.82) is 5.26 Å². The van der Waals surface area contributed by atoms with Crippen LogP contribution >= 0.6 is 0 Å². The van der Waals surface area contributed by atoms with E-state index in [2.05, 4.69) is 21.7 Å². The van der Waals surface area contributed by atoms with E-state index in [0.717, 1.165) is 31.4 Å². The SMILES string of the molecule is N#Cc1cc2c(nc1NC1CCC(=O)NC1)CCC2. The van der Waals surface area contributed by atoms with E-state index in [1.165, 1.54) is 5.56 Å². The van der Waals surface area contributed by atoms with Gasteiger partial charge >= 0.3 is 0 Å². The summed E-state index contributed by atoms with van der Waals surface area (Å²) >= 11 is 0. The summed E-state index contributed by atoms with van der Waals surface area (Å²) in [5.74, 6) is 0.768. The predicted octanol–water partition coefficient (Wildman–Crippen LogP) is 1.13. The highest BCUT2D eigenvalue weighted by Crippen LogP contribution is 2.25. The van der Waals surface area contributed by atoms with E-state index >= 15 is 0 Å². The van der Waals surface area contributed by atoms with Crippen LogP contribution in [0.1, 0.15) is 36.1 Å². The summed E-state index contributed by atoms with van der Waals surface area (Å²) in [4.78, 5) is 15.7. The summed E-state index contributed by atoms with van der Waals surface area (Å²) in [6.45, 7) is 0.600. The molecule has 1 aliphatic heterocycles. The molecule has 0 radical (unpaired) electrons. The maximum Gasteiger partial charge on any atom is 0.220 e. The number of aromatic nitrogens is 1. The van der Waals surface area contributed by atoms with E-state index in [1.54, 1.807) is 0 Å². The fourth-order valence-electron chi connectivity index (χ4n) is 2.72. The maximum atomic E-state index is 11.1. The number of anilines is 1. The minimum absolute atomic E-state index is 0.0977. The number of pyridine rings is 1. The van der Waals surface area contributed by atoms with E-state index in [1.807, 2.05) is 6.07 Å². The third kappa shape index (κ3) is 2.39. The Morgan fingerprint density at radius 2 is 2.32 bits per heavy atom. The van der Waals surface area contributed by atoms with Crippen molar-refractivity contribution in [3.8, 4) is 6.07 Å². The number of aryl methyl sites for hydroxylation is 2. The van der Waals surface area contributed by atoms with Gasteiger partial charge in [-0.2, -0.15) is 5.26 Å². The average molecular weight is 256 g/mol. The molecule has 1 atom stereocenters. The lowest BCUT2D eigenvalue weighted by molar-refractivity contribution is -0.122. The number of fused-ring (bicyclic) bond motifs is 1. The molecule has 0 spiro atoms. The first-order chi connectivity index (χ1) is 9.26. The molecule has 5 heteroatoms. The predicted molar refractivity (Wildman–Crippen MR) is 70.6 cm³/mol. The normalized spacial score (nSPS) is 21.4. The second-order valence-corrected chi connectivity index (χ2v) is 5.14. The van der Waals surface area contributed by atoms with E-state index in [4.69, 9.17) is 0 Å². The van der Waals surface area contributed by atoms with E-state index in [9.17, 15) is 10.1 Å². The first kappa shape index (κ1) is 12.0. The van der Waals surface area contributed by atoms with Gasteiger partial charge in [0.15, 0.2) is 0 Å². The third-order valence-electron chi connectivity index (χ3n) is 3.78. The van der Waals surface area contributed by atoms with Crippen molar-refractivity contribution >= 4 is 11.7 Å². The van der Waals surface area contributed by atoms with Crippen LogP contribution in [0.5, 0.6) is 0 Å². The Balaban J connectivity index is 1.80. The number of piperidine rings is 1. The van der Waals surface area contributed by atoms with Gasteiger partial charge in [-0.1, -0.05) is 0 Å². The quantitative estimate of drug-likeness (QED) is 0.831. The van der Waals surface area contributed by atoms with Gasteiger partial charge < -0.3 is 10.6 Å². The first-order valence-electron chi connectivity index (χ1n) is 6.72. The van der Waals surface area contributed by atoms with Gasteiger partial charge in [0.25, 0.3) is 0 Å². The Labute approximate surface area is 112 Å². The highest BCUT2D eigenvalue weighted by Gasteiger charge is 2.21. The molecule has 1 aliphatic carbocycles. The fraction of sp³-hybridized carbons (Fsp3) is 0.500. The van der Waals surface area contributed by atoms with Gasteiger partial charge in [0, 0.05) is 24.7 Å². The Bertz CT molecular complexity index is 551. The van der Waals surface area contributed by atoms with Crippen LogP contribution in [0.4, 0.5) is 5.82 Å². The Morgan fingerprint density at radius 1 is 1.42 bits per heavy atom. The minimum Gasteiger partial charge on any atom is -0.364 e. The fourth-order valence-corrected chi connectivity index (χ4v) is 2.72. The van der Waals surface area contributed by atoms with Crippen LogP contribution in [0, 0.1) is 11.3 Å². The van der Waals surface area contributed by atoms with Gasteiger partial charge in [-0.25, -0.2) is 4.98 Å². The van der Waals surface area contributed by atoms with Crippen molar-refractivity contribution in [3.05, 3.63) is 22.9 Å². The number of nitrogens with zero attached hydrogens (tertiary/aromatic N) is 2. The summed E-state index contributed by atoms with van der Waals surface area (Å²) in [5.41, 5.74) is 2.93. The molecule has 1 aromatic heterocycles. The van der Waals surface area contributed by atoms with Crippen molar-refractivity contribution in [3.63, 3.8) is 0 Å². The summed E-state index contributed by atoms with van der Waals surface area (Å²) < 4.78 is 0. The van der Waals surface area contributed by atoms with Gasteiger partial charge in [0.05, 0.1) is 5.56 Å². The van der Waals surface area contributed by atoms with Crippen molar-refractivity contribution in [2.24, 2.45) is 0 Å². The van der Waals surface area contributed by atoms with Crippen LogP contribution in [-0.4, -0.2) is 23.5 Å². The molecular formula is C14H16N4O. The lowest BCUT2D eigenvalue weighted by Crippen LogP contribution is -2.42. The van der Waals surface area contributed by atoms with Crippen LogP contribution in [-0.2, 0) is 17.6 Å².